The smallest absolute Gasteiger partial charge is 0.262 e. The van der Waals surface area contributed by atoms with E-state index >= 15 is 0 Å². The van der Waals surface area contributed by atoms with Crippen molar-refractivity contribution in [2.45, 2.75) is 6.54 Å². The maximum atomic E-state index is 12.3. The summed E-state index contributed by atoms with van der Waals surface area (Å²) in [5.74, 6) is -0.117. The van der Waals surface area contributed by atoms with E-state index in [4.69, 9.17) is 0 Å². The molecular formula is C17H13N3O2S2. The molecule has 3 aromatic heterocycles. The fourth-order valence-electron chi connectivity index (χ4n) is 2.52. The van der Waals surface area contributed by atoms with Gasteiger partial charge in [-0.15, -0.1) is 22.7 Å². The van der Waals surface area contributed by atoms with Crippen LogP contribution in [0, 0.1) is 0 Å². The Morgan fingerprint density at radius 1 is 1.25 bits per heavy atom. The summed E-state index contributed by atoms with van der Waals surface area (Å²) in [6.45, 7) is 0.776. The van der Waals surface area contributed by atoms with Gasteiger partial charge >= 0.3 is 0 Å². The zero-order chi connectivity index (χ0) is 16.5. The van der Waals surface area contributed by atoms with Gasteiger partial charge in [0.1, 0.15) is 4.83 Å². The average molecular weight is 355 g/mol. The van der Waals surface area contributed by atoms with Crippen LogP contribution in [0.1, 0.15) is 9.67 Å². The third kappa shape index (κ3) is 2.72. The van der Waals surface area contributed by atoms with Crippen LogP contribution in [0.3, 0.4) is 0 Å². The van der Waals surface area contributed by atoms with Crippen molar-refractivity contribution in [1.82, 2.24) is 14.9 Å². The molecule has 0 saturated heterocycles. The molecule has 0 fully saturated rings. The molecule has 0 unspecified atom stereocenters. The maximum absolute atomic E-state index is 12.3. The monoisotopic (exact) mass is 355 g/mol. The van der Waals surface area contributed by atoms with Crippen LogP contribution in [-0.4, -0.2) is 22.0 Å². The second-order valence-electron chi connectivity index (χ2n) is 5.29. The highest BCUT2D eigenvalue weighted by Gasteiger charge is 2.10. The second-order valence-corrected chi connectivity index (χ2v) is 7.27. The summed E-state index contributed by atoms with van der Waals surface area (Å²) in [5, 5.41) is 6.41. The molecule has 120 valence electrons. The number of carbonyl (C=O) groups excluding carboxylic acids is 1. The molecule has 0 saturated carbocycles. The Hall–Kier alpha value is -2.51. The van der Waals surface area contributed by atoms with Crippen LogP contribution >= 0.6 is 22.7 Å². The summed E-state index contributed by atoms with van der Waals surface area (Å²) in [5.41, 5.74) is -0.0719. The summed E-state index contributed by atoms with van der Waals surface area (Å²) in [6.07, 6.45) is 1.53. The van der Waals surface area contributed by atoms with Gasteiger partial charge in [-0.3, -0.25) is 14.2 Å². The summed E-state index contributed by atoms with van der Waals surface area (Å²) in [7, 11) is 0. The molecule has 5 nitrogen and oxygen atoms in total. The first kappa shape index (κ1) is 15.0. The second kappa shape index (κ2) is 6.18. The number of carbonyl (C=O) groups is 1. The van der Waals surface area contributed by atoms with Crippen LogP contribution in [0.25, 0.3) is 20.3 Å². The van der Waals surface area contributed by atoms with Crippen molar-refractivity contribution in [3.63, 3.8) is 0 Å². The zero-order valence-electron chi connectivity index (χ0n) is 12.6. The van der Waals surface area contributed by atoms with Crippen LogP contribution in [0.2, 0.25) is 0 Å². The summed E-state index contributed by atoms with van der Waals surface area (Å²) < 4.78 is 2.62. The van der Waals surface area contributed by atoms with Gasteiger partial charge in [0.05, 0.1) is 16.6 Å². The van der Waals surface area contributed by atoms with Crippen molar-refractivity contribution in [2.75, 3.05) is 6.54 Å². The first-order valence-corrected chi connectivity index (χ1v) is 9.11. The third-order valence-electron chi connectivity index (χ3n) is 3.74. The lowest BCUT2D eigenvalue weighted by atomic mass is 10.2. The fourth-order valence-corrected chi connectivity index (χ4v) is 4.23. The lowest BCUT2D eigenvalue weighted by molar-refractivity contribution is 0.0956. The van der Waals surface area contributed by atoms with Crippen molar-refractivity contribution in [2.24, 2.45) is 0 Å². The molecule has 1 amide bonds. The molecule has 0 aliphatic carbocycles. The maximum Gasteiger partial charge on any atom is 0.262 e. The van der Waals surface area contributed by atoms with Gasteiger partial charge in [-0.05, 0) is 29.0 Å². The van der Waals surface area contributed by atoms with Crippen LogP contribution in [0.4, 0.5) is 0 Å². The fraction of sp³-hybridized carbons (Fsp3) is 0.118. The predicted molar refractivity (Wildman–Crippen MR) is 98.0 cm³/mol. The number of nitrogens with one attached hydrogen (secondary N) is 1. The predicted octanol–water partition coefficient (Wildman–Crippen LogP) is 3.10. The van der Waals surface area contributed by atoms with Crippen LogP contribution in [-0.2, 0) is 6.54 Å². The number of hydrogen-bond acceptors (Lipinski definition) is 5. The number of thiophene rings is 2. The van der Waals surface area contributed by atoms with E-state index in [1.165, 1.54) is 33.6 Å². The molecule has 0 atom stereocenters. The van der Waals surface area contributed by atoms with E-state index in [1.807, 2.05) is 35.7 Å². The lowest BCUT2D eigenvalue weighted by Gasteiger charge is -2.06. The van der Waals surface area contributed by atoms with Gasteiger partial charge in [0, 0.05) is 17.8 Å². The first-order valence-electron chi connectivity index (χ1n) is 7.42. The van der Waals surface area contributed by atoms with Gasteiger partial charge in [0.15, 0.2) is 0 Å². The summed E-state index contributed by atoms with van der Waals surface area (Å²) in [6, 6.07) is 11.6. The van der Waals surface area contributed by atoms with Crippen molar-refractivity contribution in [1.29, 1.82) is 0 Å². The van der Waals surface area contributed by atoms with E-state index in [2.05, 4.69) is 10.3 Å². The normalized spacial score (nSPS) is 11.2. The Morgan fingerprint density at radius 3 is 3.00 bits per heavy atom. The van der Waals surface area contributed by atoms with Gasteiger partial charge in [-0.25, -0.2) is 4.98 Å². The number of aromatic nitrogens is 2. The number of hydrogen-bond donors (Lipinski definition) is 1. The van der Waals surface area contributed by atoms with Crippen molar-refractivity contribution in [3.8, 4) is 0 Å². The Labute approximate surface area is 145 Å². The van der Waals surface area contributed by atoms with Gasteiger partial charge in [-0.2, -0.15) is 0 Å². The molecule has 0 bridgehead atoms. The molecule has 0 aliphatic rings. The van der Waals surface area contributed by atoms with E-state index in [0.717, 1.165) is 14.9 Å². The molecule has 1 N–H and O–H groups in total. The molecular weight excluding hydrogens is 342 g/mol. The van der Waals surface area contributed by atoms with E-state index in [9.17, 15) is 9.59 Å². The molecule has 4 rings (SSSR count). The van der Waals surface area contributed by atoms with Gasteiger partial charge in [0.2, 0.25) is 0 Å². The minimum absolute atomic E-state index is 0.0719. The highest BCUT2D eigenvalue weighted by molar-refractivity contribution is 7.20. The summed E-state index contributed by atoms with van der Waals surface area (Å²) >= 11 is 2.91. The Kier molecular flexibility index (Phi) is 3.87. The number of rotatable bonds is 4. The van der Waals surface area contributed by atoms with Crippen molar-refractivity contribution >= 4 is 48.9 Å². The molecule has 7 heteroatoms. The zero-order valence-corrected chi connectivity index (χ0v) is 14.2. The highest BCUT2D eigenvalue weighted by atomic mass is 32.1. The quantitative estimate of drug-likeness (QED) is 0.612. The number of fused-ring (bicyclic) bond motifs is 2. The van der Waals surface area contributed by atoms with Crippen molar-refractivity contribution < 1.29 is 4.79 Å². The van der Waals surface area contributed by atoms with E-state index < -0.39 is 0 Å². The minimum Gasteiger partial charge on any atom is -0.350 e. The molecule has 24 heavy (non-hydrogen) atoms. The molecule has 0 radical (unpaired) electrons. The first-order chi connectivity index (χ1) is 11.7. The van der Waals surface area contributed by atoms with Gasteiger partial charge < -0.3 is 5.32 Å². The molecule has 1 aromatic carbocycles. The standard InChI is InChI=1S/C17H13N3O2S2/c21-15(14-9-11-3-1-2-4-13(11)24-14)18-6-7-20-10-19-16-12(17(20)22)5-8-23-16/h1-5,8-10H,6-7H2,(H,18,21). The Bertz CT molecular complexity index is 1060. The Balaban J connectivity index is 1.45. The van der Waals surface area contributed by atoms with E-state index in [0.29, 0.717) is 23.4 Å². The summed E-state index contributed by atoms with van der Waals surface area (Å²) in [4.78, 5) is 30.2. The molecule has 0 aliphatic heterocycles. The number of benzene rings is 1. The van der Waals surface area contributed by atoms with E-state index in [1.54, 1.807) is 6.07 Å². The lowest BCUT2D eigenvalue weighted by Crippen LogP contribution is -2.30. The highest BCUT2D eigenvalue weighted by Crippen LogP contribution is 2.24. The molecule has 3 heterocycles. The van der Waals surface area contributed by atoms with Crippen molar-refractivity contribution in [3.05, 3.63) is 63.3 Å². The topological polar surface area (TPSA) is 64.0 Å². The SMILES string of the molecule is O=C(NCCn1cnc2sccc2c1=O)c1cc2ccccc2s1. The number of nitrogens with zero attached hydrogens (tertiary/aromatic N) is 2. The largest absolute Gasteiger partial charge is 0.350 e. The van der Waals surface area contributed by atoms with Gasteiger partial charge in [-0.1, -0.05) is 18.2 Å². The van der Waals surface area contributed by atoms with Crippen LogP contribution in [0.5, 0.6) is 0 Å². The number of amides is 1. The molecule has 4 aromatic rings. The average Bonchev–Trinajstić information content (AvgIpc) is 3.23. The van der Waals surface area contributed by atoms with Crippen LogP contribution < -0.4 is 10.9 Å². The minimum atomic E-state index is -0.117. The molecule has 0 spiro atoms. The Morgan fingerprint density at radius 2 is 2.12 bits per heavy atom. The van der Waals surface area contributed by atoms with Crippen LogP contribution in [0.15, 0.2) is 52.9 Å². The van der Waals surface area contributed by atoms with Gasteiger partial charge in [0.25, 0.3) is 11.5 Å². The van der Waals surface area contributed by atoms with E-state index in [-0.39, 0.29) is 11.5 Å². The third-order valence-corrected chi connectivity index (χ3v) is 5.67.